The molecule has 1 aliphatic heterocycles. The number of rotatable bonds is 6. The molecule has 0 atom stereocenters. The smallest absolute Gasteiger partial charge is 0.223 e. The van der Waals surface area contributed by atoms with Gasteiger partial charge in [-0.1, -0.05) is 12.1 Å². The van der Waals surface area contributed by atoms with Crippen molar-refractivity contribution in [3.63, 3.8) is 0 Å². The number of nitrogens with zero attached hydrogens (tertiary/aromatic N) is 4. The minimum Gasteiger partial charge on any atom is -0.497 e. The van der Waals surface area contributed by atoms with Crippen molar-refractivity contribution in [2.75, 3.05) is 25.1 Å². The highest BCUT2D eigenvalue weighted by Crippen LogP contribution is 2.26. The van der Waals surface area contributed by atoms with Crippen LogP contribution in [0.2, 0.25) is 0 Å². The lowest BCUT2D eigenvalue weighted by Gasteiger charge is -2.32. The molecular weight excluding hydrogens is 416 g/mol. The zero-order valence-electron chi connectivity index (χ0n) is 18.5. The van der Waals surface area contributed by atoms with Crippen molar-refractivity contribution >= 4 is 22.8 Å². The van der Waals surface area contributed by atoms with E-state index in [1.165, 1.54) is 0 Å². The van der Waals surface area contributed by atoms with Crippen LogP contribution in [0.15, 0.2) is 60.9 Å². The van der Waals surface area contributed by atoms with Gasteiger partial charge in [0.25, 0.3) is 0 Å². The molecule has 33 heavy (non-hydrogen) atoms. The van der Waals surface area contributed by atoms with Crippen molar-refractivity contribution < 1.29 is 9.53 Å². The lowest BCUT2D eigenvalue weighted by molar-refractivity contribution is -0.125. The molecule has 0 radical (unpaired) electrons. The van der Waals surface area contributed by atoms with Gasteiger partial charge in [0, 0.05) is 30.6 Å². The molecule has 2 N–H and O–H groups in total. The Morgan fingerprint density at radius 3 is 2.67 bits per heavy atom. The predicted octanol–water partition coefficient (Wildman–Crippen LogP) is 3.56. The number of benzene rings is 2. The average Bonchev–Trinajstić information content (AvgIpc) is 3.31. The zero-order valence-corrected chi connectivity index (χ0v) is 18.5. The van der Waals surface area contributed by atoms with Crippen LogP contribution >= 0.6 is 0 Å². The maximum absolute atomic E-state index is 12.7. The fourth-order valence-corrected chi connectivity index (χ4v) is 4.21. The van der Waals surface area contributed by atoms with Crippen molar-refractivity contribution in [2.24, 2.45) is 5.92 Å². The molecule has 4 aromatic rings. The van der Waals surface area contributed by atoms with Crippen molar-refractivity contribution in [3.05, 3.63) is 66.7 Å². The molecule has 1 aliphatic rings. The Morgan fingerprint density at radius 1 is 1.12 bits per heavy atom. The number of carbonyl (C=O) groups is 1. The second kappa shape index (κ2) is 9.28. The molecule has 8 heteroatoms. The Morgan fingerprint density at radius 2 is 1.91 bits per heavy atom. The van der Waals surface area contributed by atoms with Crippen LogP contribution in [0.5, 0.6) is 5.75 Å². The zero-order chi connectivity index (χ0) is 22.6. The Kier molecular flexibility index (Phi) is 5.89. The molecule has 0 bridgehead atoms. The second-order valence-corrected chi connectivity index (χ2v) is 8.17. The number of nitrogens with one attached hydrogen (secondary N) is 2. The number of carbonyl (C=O) groups excluding carboxylic acids is 1. The number of ether oxygens (including phenoxy) is 1. The van der Waals surface area contributed by atoms with E-state index in [0.717, 1.165) is 65.6 Å². The fraction of sp³-hybridized carbons (Fsp3) is 0.280. The van der Waals surface area contributed by atoms with Crippen LogP contribution in [0, 0.1) is 5.92 Å². The minimum atomic E-state index is -0.00600. The number of hydrogen-bond donors (Lipinski definition) is 2. The first-order valence-electron chi connectivity index (χ1n) is 11.1. The van der Waals surface area contributed by atoms with Crippen molar-refractivity contribution in [3.8, 4) is 17.0 Å². The van der Waals surface area contributed by atoms with E-state index in [0.29, 0.717) is 6.54 Å². The second-order valence-electron chi connectivity index (χ2n) is 8.17. The Labute approximate surface area is 192 Å². The maximum atomic E-state index is 12.7. The quantitative estimate of drug-likeness (QED) is 0.474. The summed E-state index contributed by atoms with van der Waals surface area (Å²) < 4.78 is 5.23. The Bertz CT molecular complexity index is 1210. The number of hydrogen-bond acceptors (Lipinski definition) is 6. The largest absolute Gasteiger partial charge is 0.497 e. The van der Waals surface area contributed by atoms with E-state index in [1.54, 1.807) is 13.4 Å². The summed E-state index contributed by atoms with van der Waals surface area (Å²) in [6.45, 7) is 1.97. The SMILES string of the molecule is COc1ccc(-c2cc(N3CCC(C(=O)NCc4nc5ccccc5[nH]4)CC3)ncn2)cc1. The summed E-state index contributed by atoms with van der Waals surface area (Å²) in [5, 5.41) is 3.04. The lowest BCUT2D eigenvalue weighted by Crippen LogP contribution is -2.40. The number of piperidine rings is 1. The number of methoxy groups -OCH3 is 1. The van der Waals surface area contributed by atoms with E-state index < -0.39 is 0 Å². The highest BCUT2D eigenvalue weighted by atomic mass is 16.5. The van der Waals surface area contributed by atoms with Crippen molar-refractivity contribution in [2.45, 2.75) is 19.4 Å². The van der Waals surface area contributed by atoms with Gasteiger partial charge < -0.3 is 19.9 Å². The van der Waals surface area contributed by atoms with E-state index in [9.17, 15) is 4.79 Å². The monoisotopic (exact) mass is 442 g/mol. The predicted molar refractivity (Wildman–Crippen MR) is 127 cm³/mol. The topological polar surface area (TPSA) is 96.0 Å². The maximum Gasteiger partial charge on any atom is 0.223 e. The number of imidazole rings is 1. The molecule has 3 heterocycles. The van der Waals surface area contributed by atoms with Gasteiger partial charge in [0.2, 0.25) is 5.91 Å². The third-order valence-electron chi connectivity index (χ3n) is 6.10. The van der Waals surface area contributed by atoms with Crippen LogP contribution in [0.4, 0.5) is 5.82 Å². The van der Waals surface area contributed by atoms with Crippen LogP contribution in [-0.2, 0) is 11.3 Å². The van der Waals surface area contributed by atoms with Gasteiger partial charge in [-0.15, -0.1) is 0 Å². The molecule has 0 saturated carbocycles. The molecule has 8 nitrogen and oxygen atoms in total. The standard InChI is InChI=1S/C25H26N6O2/c1-33-19-8-6-17(7-9-19)22-14-24(28-16-27-22)31-12-10-18(11-13-31)25(32)26-15-23-29-20-4-2-3-5-21(20)30-23/h2-9,14,16,18H,10-13,15H2,1H3,(H,26,32)(H,29,30). The number of H-pyrrole nitrogens is 1. The first-order valence-corrected chi connectivity index (χ1v) is 11.1. The van der Waals surface area contributed by atoms with E-state index in [4.69, 9.17) is 4.74 Å². The normalized spacial score (nSPS) is 14.4. The van der Waals surface area contributed by atoms with Crippen LogP contribution < -0.4 is 15.0 Å². The molecule has 5 rings (SSSR count). The van der Waals surface area contributed by atoms with Crippen LogP contribution in [0.3, 0.4) is 0 Å². The molecule has 1 amide bonds. The molecule has 0 unspecified atom stereocenters. The summed E-state index contributed by atoms with van der Waals surface area (Å²) >= 11 is 0. The van der Waals surface area contributed by atoms with Gasteiger partial charge in [-0.3, -0.25) is 4.79 Å². The molecule has 2 aromatic heterocycles. The summed E-state index contributed by atoms with van der Waals surface area (Å²) in [6, 6.07) is 17.7. The molecular formula is C25H26N6O2. The molecule has 168 valence electrons. The average molecular weight is 443 g/mol. The number of aromatic amines is 1. The van der Waals surface area contributed by atoms with Crippen molar-refractivity contribution in [1.29, 1.82) is 0 Å². The van der Waals surface area contributed by atoms with Crippen LogP contribution in [0.1, 0.15) is 18.7 Å². The van der Waals surface area contributed by atoms with Crippen molar-refractivity contribution in [1.82, 2.24) is 25.3 Å². The van der Waals surface area contributed by atoms with Gasteiger partial charge in [0.15, 0.2) is 0 Å². The summed E-state index contributed by atoms with van der Waals surface area (Å²) in [5.74, 6) is 2.55. The summed E-state index contributed by atoms with van der Waals surface area (Å²) in [5.41, 5.74) is 3.77. The molecule has 1 fully saturated rings. The van der Waals surface area contributed by atoms with E-state index >= 15 is 0 Å². The number of amides is 1. The van der Waals surface area contributed by atoms with Gasteiger partial charge >= 0.3 is 0 Å². The highest BCUT2D eigenvalue weighted by molar-refractivity contribution is 5.79. The van der Waals surface area contributed by atoms with Gasteiger partial charge in [0.1, 0.15) is 23.7 Å². The van der Waals surface area contributed by atoms with Gasteiger partial charge in [-0.2, -0.15) is 0 Å². The minimum absolute atomic E-state index is 0.00600. The van der Waals surface area contributed by atoms with Gasteiger partial charge in [0.05, 0.1) is 30.4 Å². The molecule has 0 aliphatic carbocycles. The van der Waals surface area contributed by atoms with Gasteiger partial charge in [-0.25, -0.2) is 15.0 Å². The van der Waals surface area contributed by atoms with E-state index in [2.05, 4.69) is 30.2 Å². The fourth-order valence-electron chi connectivity index (χ4n) is 4.21. The van der Waals surface area contributed by atoms with Crippen LogP contribution in [0.25, 0.3) is 22.3 Å². The van der Waals surface area contributed by atoms with E-state index in [-0.39, 0.29) is 11.8 Å². The number of anilines is 1. The van der Waals surface area contributed by atoms with E-state index in [1.807, 2.05) is 54.6 Å². The molecule has 0 spiro atoms. The molecule has 1 saturated heterocycles. The third kappa shape index (κ3) is 4.64. The number of para-hydroxylation sites is 2. The lowest BCUT2D eigenvalue weighted by atomic mass is 9.96. The summed E-state index contributed by atoms with van der Waals surface area (Å²) in [4.78, 5) is 31.6. The number of fused-ring (bicyclic) bond motifs is 1. The molecule has 2 aromatic carbocycles. The highest BCUT2D eigenvalue weighted by Gasteiger charge is 2.26. The number of aromatic nitrogens is 4. The Balaban J connectivity index is 1.17. The Hall–Kier alpha value is -3.94. The summed E-state index contributed by atoms with van der Waals surface area (Å²) in [7, 11) is 1.65. The van der Waals surface area contributed by atoms with Gasteiger partial charge in [-0.05, 0) is 49.2 Å². The van der Waals surface area contributed by atoms with Crippen LogP contribution in [-0.4, -0.2) is 46.0 Å². The summed E-state index contributed by atoms with van der Waals surface area (Å²) in [6.07, 6.45) is 3.17. The first-order chi connectivity index (χ1) is 16.2. The first kappa shape index (κ1) is 20.9. The third-order valence-corrected chi connectivity index (χ3v) is 6.10.